The maximum atomic E-state index is 11.2. The van der Waals surface area contributed by atoms with E-state index < -0.39 is 0 Å². The molecule has 0 heterocycles. The van der Waals surface area contributed by atoms with Gasteiger partial charge in [0.1, 0.15) is 0 Å². The van der Waals surface area contributed by atoms with Crippen molar-refractivity contribution in [1.82, 2.24) is 0 Å². The summed E-state index contributed by atoms with van der Waals surface area (Å²) in [6.07, 6.45) is 11.4. The smallest absolute Gasteiger partial charge is 0.305 e. The van der Waals surface area contributed by atoms with Gasteiger partial charge in [-0.15, -0.1) is 0 Å². The fraction of sp³-hybridized carbons (Fsp3) is 0.650. The lowest BCUT2D eigenvalue weighted by molar-refractivity contribution is -0.143. The predicted molar refractivity (Wildman–Crippen MR) is 94.9 cm³/mol. The second kappa shape index (κ2) is 17.7. The third-order valence-electron chi connectivity index (χ3n) is 3.41. The molecule has 0 fully saturated rings. The molecule has 2 nitrogen and oxygen atoms in total. The molecule has 0 aliphatic heterocycles. The third kappa shape index (κ3) is 16.7. The number of ether oxygens (including phenoxy) is 1. The van der Waals surface area contributed by atoms with Crippen LogP contribution in [0.4, 0.5) is 0 Å². The van der Waals surface area contributed by atoms with Crippen LogP contribution in [-0.4, -0.2) is 12.6 Å². The lowest BCUT2D eigenvalue weighted by Crippen LogP contribution is -2.05. The number of hydrogen-bond donors (Lipinski definition) is 0. The SMILES string of the molecule is CCCCCCCCCC(=O)OCCCC.c1ccccc1. The summed E-state index contributed by atoms with van der Waals surface area (Å²) >= 11 is 0. The van der Waals surface area contributed by atoms with Gasteiger partial charge in [0.15, 0.2) is 0 Å². The van der Waals surface area contributed by atoms with Gasteiger partial charge < -0.3 is 4.74 Å². The average molecular weight is 306 g/mol. The summed E-state index contributed by atoms with van der Waals surface area (Å²) in [6.45, 7) is 4.93. The van der Waals surface area contributed by atoms with Crippen molar-refractivity contribution in [1.29, 1.82) is 0 Å². The lowest BCUT2D eigenvalue weighted by atomic mass is 10.1. The molecule has 22 heavy (non-hydrogen) atoms. The highest BCUT2D eigenvalue weighted by Gasteiger charge is 2.01. The molecule has 0 aliphatic carbocycles. The highest BCUT2D eigenvalue weighted by Crippen LogP contribution is 2.08. The van der Waals surface area contributed by atoms with E-state index in [-0.39, 0.29) is 5.97 Å². The van der Waals surface area contributed by atoms with Crippen LogP contribution < -0.4 is 0 Å². The summed E-state index contributed by atoms with van der Waals surface area (Å²) in [5.41, 5.74) is 0. The molecule has 1 rings (SSSR count). The van der Waals surface area contributed by atoms with Crippen LogP contribution >= 0.6 is 0 Å². The van der Waals surface area contributed by atoms with E-state index in [4.69, 9.17) is 4.74 Å². The van der Waals surface area contributed by atoms with E-state index in [1.165, 1.54) is 38.5 Å². The minimum absolute atomic E-state index is 0.0120. The standard InChI is InChI=1S/C14H28O2.C6H6/c1-3-5-7-8-9-10-11-12-14(15)16-13-6-4-2;1-2-4-6-5-3-1/h3-13H2,1-2H3;1-6H. The van der Waals surface area contributed by atoms with Crippen molar-refractivity contribution < 1.29 is 9.53 Å². The van der Waals surface area contributed by atoms with Gasteiger partial charge >= 0.3 is 5.97 Å². The first kappa shape index (κ1) is 20.7. The zero-order valence-electron chi connectivity index (χ0n) is 14.6. The molecule has 1 aromatic carbocycles. The van der Waals surface area contributed by atoms with Gasteiger partial charge in [-0.3, -0.25) is 4.79 Å². The molecule has 126 valence electrons. The Kier molecular flexibility index (Phi) is 16.7. The molecule has 0 unspecified atom stereocenters. The Balaban J connectivity index is 0.000000604. The van der Waals surface area contributed by atoms with Crippen LogP contribution in [0.3, 0.4) is 0 Å². The first-order chi connectivity index (χ1) is 10.8. The zero-order chi connectivity index (χ0) is 16.3. The van der Waals surface area contributed by atoms with Crippen LogP contribution in [-0.2, 0) is 9.53 Å². The quantitative estimate of drug-likeness (QED) is 0.361. The van der Waals surface area contributed by atoms with Crippen LogP contribution in [0.1, 0.15) is 78.1 Å². The number of unbranched alkanes of at least 4 members (excludes halogenated alkanes) is 7. The van der Waals surface area contributed by atoms with Crippen molar-refractivity contribution in [3.8, 4) is 0 Å². The second-order valence-electron chi connectivity index (χ2n) is 5.60. The molecule has 0 aromatic heterocycles. The van der Waals surface area contributed by atoms with Gasteiger partial charge in [-0.1, -0.05) is 95.2 Å². The van der Waals surface area contributed by atoms with Crippen LogP contribution in [0.2, 0.25) is 0 Å². The van der Waals surface area contributed by atoms with Gasteiger partial charge in [0.25, 0.3) is 0 Å². The fourth-order valence-electron chi connectivity index (χ4n) is 2.01. The van der Waals surface area contributed by atoms with E-state index in [2.05, 4.69) is 13.8 Å². The van der Waals surface area contributed by atoms with Crippen molar-refractivity contribution in [2.75, 3.05) is 6.61 Å². The highest BCUT2D eigenvalue weighted by atomic mass is 16.5. The van der Waals surface area contributed by atoms with E-state index in [9.17, 15) is 4.79 Å². The molecule has 0 bridgehead atoms. The van der Waals surface area contributed by atoms with Gasteiger partial charge in [-0.05, 0) is 12.8 Å². The Hall–Kier alpha value is -1.31. The predicted octanol–water partition coefficient (Wildman–Crippen LogP) is 6.16. The van der Waals surface area contributed by atoms with Crippen molar-refractivity contribution >= 4 is 5.97 Å². The molecule has 0 aliphatic rings. The molecule has 0 atom stereocenters. The Morgan fingerprint density at radius 2 is 1.14 bits per heavy atom. The summed E-state index contributed by atoms with van der Waals surface area (Å²) in [6, 6.07) is 12.0. The molecule has 0 N–H and O–H groups in total. The highest BCUT2D eigenvalue weighted by molar-refractivity contribution is 5.69. The van der Waals surface area contributed by atoms with Crippen molar-refractivity contribution in [2.24, 2.45) is 0 Å². The minimum Gasteiger partial charge on any atom is -0.466 e. The molecular weight excluding hydrogens is 272 g/mol. The van der Waals surface area contributed by atoms with E-state index in [0.717, 1.165) is 19.3 Å². The van der Waals surface area contributed by atoms with Gasteiger partial charge in [0.2, 0.25) is 0 Å². The van der Waals surface area contributed by atoms with Crippen LogP contribution in [0.25, 0.3) is 0 Å². The van der Waals surface area contributed by atoms with Crippen molar-refractivity contribution in [3.63, 3.8) is 0 Å². The fourth-order valence-corrected chi connectivity index (χ4v) is 2.01. The molecule has 0 radical (unpaired) electrons. The Bertz CT molecular complexity index is 295. The largest absolute Gasteiger partial charge is 0.466 e. The number of benzene rings is 1. The maximum Gasteiger partial charge on any atom is 0.305 e. The molecule has 0 spiro atoms. The summed E-state index contributed by atoms with van der Waals surface area (Å²) in [7, 11) is 0. The van der Waals surface area contributed by atoms with Gasteiger partial charge in [0.05, 0.1) is 6.61 Å². The normalized spacial score (nSPS) is 9.73. The molecule has 1 aromatic rings. The number of hydrogen-bond acceptors (Lipinski definition) is 2. The zero-order valence-corrected chi connectivity index (χ0v) is 14.6. The van der Waals surface area contributed by atoms with E-state index in [1.54, 1.807) is 0 Å². The maximum absolute atomic E-state index is 11.2. The Morgan fingerprint density at radius 1 is 0.682 bits per heavy atom. The topological polar surface area (TPSA) is 26.3 Å². The van der Waals surface area contributed by atoms with Gasteiger partial charge in [-0.25, -0.2) is 0 Å². The van der Waals surface area contributed by atoms with Crippen molar-refractivity contribution in [3.05, 3.63) is 36.4 Å². The number of esters is 1. The summed E-state index contributed by atoms with van der Waals surface area (Å²) in [5.74, 6) is -0.0120. The number of carbonyl (C=O) groups excluding carboxylic acids is 1. The van der Waals surface area contributed by atoms with Gasteiger partial charge in [0, 0.05) is 6.42 Å². The van der Waals surface area contributed by atoms with Crippen molar-refractivity contribution in [2.45, 2.75) is 78.1 Å². The Morgan fingerprint density at radius 3 is 1.64 bits per heavy atom. The average Bonchev–Trinajstić information content (AvgIpc) is 2.56. The summed E-state index contributed by atoms with van der Waals surface area (Å²) in [5, 5.41) is 0. The molecule has 0 saturated heterocycles. The van der Waals surface area contributed by atoms with Gasteiger partial charge in [-0.2, -0.15) is 0 Å². The molecule has 2 heteroatoms. The second-order valence-corrected chi connectivity index (χ2v) is 5.60. The molecule has 0 amide bonds. The number of carbonyl (C=O) groups is 1. The summed E-state index contributed by atoms with van der Waals surface area (Å²) < 4.78 is 5.09. The van der Waals surface area contributed by atoms with E-state index in [0.29, 0.717) is 13.0 Å². The molecule has 0 saturated carbocycles. The number of rotatable bonds is 11. The summed E-state index contributed by atoms with van der Waals surface area (Å²) in [4.78, 5) is 11.2. The van der Waals surface area contributed by atoms with Crippen LogP contribution in [0, 0.1) is 0 Å². The van der Waals surface area contributed by atoms with E-state index >= 15 is 0 Å². The van der Waals surface area contributed by atoms with E-state index in [1.807, 2.05) is 36.4 Å². The minimum atomic E-state index is -0.0120. The van der Waals surface area contributed by atoms with Crippen LogP contribution in [0.15, 0.2) is 36.4 Å². The first-order valence-corrected chi connectivity index (χ1v) is 8.96. The third-order valence-corrected chi connectivity index (χ3v) is 3.41. The Labute approximate surface area is 137 Å². The van der Waals surface area contributed by atoms with Crippen LogP contribution in [0.5, 0.6) is 0 Å². The molecular formula is C20H34O2. The lowest BCUT2D eigenvalue weighted by Gasteiger charge is -2.03. The first-order valence-electron chi connectivity index (χ1n) is 8.96. The monoisotopic (exact) mass is 306 g/mol.